The predicted octanol–water partition coefficient (Wildman–Crippen LogP) is 5.09. The molecule has 0 bridgehead atoms. The number of nitrogens with one attached hydrogen (secondary N) is 3. The number of carbonyl (C=O) groups is 4. The average molecular weight is 636 g/mol. The van der Waals surface area contributed by atoms with Gasteiger partial charge < -0.3 is 25.4 Å². The Bertz CT molecular complexity index is 1210. The predicted molar refractivity (Wildman–Crippen MR) is 155 cm³/mol. The molecule has 0 aliphatic rings. The molecule has 0 aliphatic heterocycles. The minimum absolute atomic E-state index is 0.0417. The number of carbonyl (C=O) groups excluding carboxylic acids is 4. The summed E-state index contributed by atoms with van der Waals surface area (Å²) in [7, 11) is 3.13. The summed E-state index contributed by atoms with van der Waals surface area (Å²) >= 11 is 6.83. The number of ketones is 1. The van der Waals surface area contributed by atoms with Crippen molar-refractivity contribution in [1.29, 1.82) is 0 Å². The number of Topliss-reactive ketones (excluding diaryl/α,β-unsaturated/α-hetero) is 1. The Morgan fingerprint density at radius 2 is 1.40 bits per heavy atom. The summed E-state index contributed by atoms with van der Waals surface area (Å²) in [6, 6.07) is 4.41. The van der Waals surface area contributed by atoms with Gasteiger partial charge in [0.2, 0.25) is 11.8 Å². The molecule has 42 heavy (non-hydrogen) atoms. The quantitative estimate of drug-likeness (QED) is 0.334. The van der Waals surface area contributed by atoms with Crippen molar-refractivity contribution in [2.24, 2.45) is 5.92 Å². The molecule has 2 aromatic rings. The Morgan fingerprint density at radius 3 is 1.81 bits per heavy atom. The van der Waals surface area contributed by atoms with Gasteiger partial charge >= 0.3 is 6.18 Å². The third-order valence-corrected chi connectivity index (χ3v) is 6.90. The number of methoxy groups -OCH3 is 2. The van der Waals surface area contributed by atoms with E-state index < -0.39 is 53.7 Å². The van der Waals surface area contributed by atoms with E-state index in [-0.39, 0.29) is 16.0 Å². The Hall–Kier alpha value is -3.16. The zero-order valence-electron chi connectivity index (χ0n) is 24.6. The second-order valence-corrected chi connectivity index (χ2v) is 12.1. The highest BCUT2D eigenvalue weighted by molar-refractivity contribution is 7.18. The van der Waals surface area contributed by atoms with Crippen LogP contribution in [0.5, 0.6) is 5.75 Å². The van der Waals surface area contributed by atoms with Gasteiger partial charge in [0.25, 0.3) is 11.7 Å². The van der Waals surface area contributed by atoms with E-state index in [1.165, 1.54) is 64.3 Å². The first kappa shape index (κ1) is 36.9. The van der Waals surface area contributed by atoms with Gasteiger partial charge in [0.05, 0.1) is 28.0 Å². The van der Waals surface area contributed by atoms with Crippen molar-refractivity contribution in [3.8, 4) is 5.75 Å². The molecule has 3 atom stereocenters. The lowest BCUT2D eigenvalue weighted by Crippen LogP contribution is -2.54. The van der Waals surface area contributed by atoms with Gasteiger partial charge in [-0.15, -0.1) is 11.3 Å². The first-order valence-electron chi connectivity index (χ1n) is 12.8. The van der Waals surface area contributed by atoms with Crippen LogP contribution in [0.15, 0.2) is 36.4 Å². The number of amides is 3. The third kappa shape index (κ3) is 12.0. The van der Waals surface area contributed by atoms with Crippen LogP contribution in [-0.2, 0) is 19.1 Å². The van der Waals surface area contributed by atoms with Gasteiger partial charge in [-0.05, 0) is 63.4 Å². The van der Waals surface area contributed by atoms with Gasteiger partial charge in [-0.3, -0.25) is 19.2 Å². The molecular weight excluding hydrogens is 599 g/mol. The van der Waals surface area contributed by atoms with Crippen molar-refractivity contribution in [3.63, 3.8) is 0 Å². The highest BCUT2D eigenvalue weighted by Crippen LogP contribution is 2.24. The van der Waals surface area contributed by atoms with Crippen molar-refractivity contribution in [2.75, 3.05) is 14.2 Å². The summed E-state index contributed by atoms with van der Waals surface area (Å²) in [5.41, 5.74) is 0.257. The Kier molecular flexibility index (Phi) is 14.0. The molecule has 0 saturated carbocycles. The molecular formula is C28H37ClF3N3O6S. The minimum atomic E-state index is -5.16. The van der Waals surface area contributed by atoms with Gasteiger partial charge in [-0.1, -0.05) is 37.6 Å². The van der Waals surface area contributed by atoms with E-state index >= 15 is 0 Å². The molecule has 0 aliphatic carbocycles. The number of alkyl halides is 3. The van der Waals surface area contributed by atoms with Crippen molar-refractivity contribution < 1.29 is 41.8 Å². The van der Waals surface area contributed by atoms with Crippen molar-refractivity contribution in [1.82, 2.24) is 16.0 Å². The van der Waals surface area contributed by atoms with Gasteiger partial charge in [0, 0.05) is 7.11 Å². The van der Waals surface area contributed by atoms with Gasteiger partial charge in [-0.25, -0.2) is 0 Å². The summed E-state index contributed by atoms with van der Waals surface area (Å²) in [4.78, 5) is 50.4. The highest BCUT2D eigenvalue weighted by atomic mass is 35.5. The van der Waals surface area contributed by atoms with Crippen LogP contribution < -0.4 is 20.7 Å². The van der Waals surface area contributed by atoms with Crippen LogP contribution >= 0.6 is 22.9 Å². The second-order valence-electron chi connectivity index (χ2n) is 10.4. The van der Waals surface area contributed by atoms with E-state index in [1.807, 2.05) is 20.8 Å². The molecule has 1 unspecified atom stereocenters. The van der Waals surface area contributed by atoms with Crippen LogP contribution in [-0.4, -0.2) is 61.6 Å². The smallest absolute Gasteiger partial charge is 0.452 e. The maximum absolute atomic E-state index is 13.1. The van der Waals surface area contributed by atoms with Crippen LogP contribution in [0, 0.1) is 5.92 Å². The zero-order chi connectivity index (χ0) is 32.4. The monoisotopic (exact) mass is 635 g/mol. The summed E-state index contributed by atoms with van der Waals surface area (Å²) in [5.74, 6) is -4.95. The fourth-order valence-electron chi connectivity index (χ4n) is 3.08. The molecule has 0 saturated heterocycles. The third-order valence-electron chi connectivity index (χ3n) is 5.67. The molecule has 14 heteroatoms. The van der Waals surface area contributed by atoms with Crippen LogP contribution in [0.25, 0.3) is 0 Å². The largest absolute Gasteiger partial charge is 0.497 e. The number of thiophene rings is 1. The first-order valence-corrected chi connectivity index (χ1v) is 14.0. The molecule has 3 N–H and O–H groups in total. The lowest BCUT2D eigenvalue weighted by molar-refractivity contribution is -0.175. The molecule has 9 nitrogen and oxygen atoms in total. The molecule has 0 fully saturated rings. The molecule has 0 spiro atoms. The van der Waals surface area contributed by atoms with Gasteiger partial charge in [-0.2, -0.15) is 13.2 Å². The lowest BCUT2D eigenvalue weighted by atomic mass is 9.97. The molecule has 1 aromatic heterocycles. The highest BCUT2D eigenvalue weighted by Gasteiger charge is 2.45. The molecule has 2 rings (SSSR count). The topological polar surface area (TPSA) is 123 Å². The minimum Gasteiger partial charge on any atom is -0.497 e. The maximum Gasteiger partial charge on any atom is 0.452 e. The SMILES string of the molecule is COC(C)(C)C.COc1ccc(C(NC(=O)[C@H](C)NC(=O)c2ccc(Cl)s2)C(=O)N[C@H](C(=O)C(F)(F)F)C(C)C)cc1. The number of benzene rings is 1. The fraction of sp³-hybridized carbons (Fsp3) is 0.500. The Labute approximate surface area is 252 Å². The van der Waals surface area contributed by atoms with Crippen LogP contribution in [0.2, 0.25) is 4.34 Å². The van der Waals surface area contributed by atoms with Gasteiger partial charge in [0.15, 0.2) is 0 Å². The summed E-state index contributed by atoms with van der Waals surface area (Å²) in [6.07, 6.45) is -5.16. The van der Waals surface area contributed by atoms with E-state index in [4.69, 9.17) is 21.1 Å². The van der Waals surface area contributed by atoms with Gasteiger partial charge in [0.1, 0.15) is 17.8 Å². The van der Waals surface area contributed by atoms with E-state index in [2.05, 4.69) is 16.0 Å². The van der Waals surface area contributed by atoms with E-state index in [9.17, 15) is 32.3 Å². The molecule has 0 radical (unpaired) electrons. The number of rotatable bonds is 10. The van der Waals surface area contributed by atoms with E-state index in [0.717, 1.165) is 11.3 Å². The summed E-state index contributed by atoms with van der Waals surface area (Å²) in [5, 5.41) is 7.01. The lowest BCUT2D eigenvalue weighted by Gasteiger charge is -2.26. The van der Waals surface area contributed by atoms with Crippen LogP contribution in [0.1, 0.15) is 62.8 Å². The Morgan fingerprint density at radius 1 is 0.857 bits per heavy atom. The summed E-state index contributed by atoms with van der Waals surface area (Å²) in [6.45, 7) is 10.1. The maximum atomic E-state index is 13.1. The van der Waals surface area contributed by atoms with E-state index in [0.29, 0.717) is 10.1 Å². The number of hydrogen-bond acceptors (Lipinski definition) is 7. The molecule has 3 amide bonds. The second kappa shape index (κ2) is 15.9. The van der Waals surface area contributed by atoms with Crippen molar-refractivity contribution in [3.05, 3.63) is 51.2 Å². The van der Waals surface area contributed by atoms with Crippen molar-refractivity contribution in [2.45, 2.75) is 71.4 Å². The first-order chi connectivity index (χ1) is 19.3. The summed E-state index contributed by atoms with van der Waals surface area (Å²) < 4.78 is 49.6. The molecule has 234 valence electrons. The zero-order valence-corrected chi connectivity index (χ0v) is 26.2. The number of ether oxygens (including phenoxy) is 2. The fourth-order valence-corrected chi connectivity index (χ4v) is 4.03. The van der Waals surface area contributed by atoms with E-state index in [1.54, 1.807) is 7.11 Å². The number of hydrogen-bond donors (Lipinski definition) is 3. The molecule has 1 aromatic carbocycles. The van der Waals surface area contributed by atoms with Crippen molar-refractivity contribution >= 4 is 46.4 Å². The molecule has 1 heterocycles. The van der Waals surface area contributed by atoms with Crippen LogP contribution in [0.4, 0.5) is 13.2 Å². The number of halogens is 4. The normalized spacial score (nSPS) is 13.6. The standard InChI is InChI=1S/C23H25ClF3N3O5S.C5H12O/c1-11(2)17(19(31)23(25,26)27)29-22(34)18(13-5-7-14(35-4)8-6-13)30-20(32)12(3)28-21(33)15-9-10-16(24)36-15;1-5(2,3)6-4/h5-12,17-18H,1-4H3,(H,28,33)(H,29,34)(H,30,32);1-4H3/t12-,17-,18?;/m0./s1. The Balaban J connectivity index is 0.00000132. The average Bonchev–Trinajstić information content (AvgIpc) is 3.35. The van der Waals surface area contributed by atoms with Crippen LogP contribution in [0.3, 0.4) is 0 Å².